The number of H-pyrrole nitrogens is 1. The van der Waals surface area contributed by atoms with Crippen LogP contribution in [0.1, 0.15) is 48.4 Å². The second kappa shape index (κ2) is 2.90. The molecule has 1 unspecified atom stereocenters. The van der Waals surface area contributed by atoms with Gasteiger partial charge in [-0.15, -0.1) is 0 Å². The van der Waals surface area contributed by atoms with Crippen molar-refractivity contribution in [2.75, 3.05) is 0 Å². The Morgan fingerprint density at radius 1 is 1.64 bits per heavy atom. The van der Waals surface area contributed by atoms with Gasteiger partial charge < -0.3 is 0 Å². The molecule has 2 rings (SSSR count). The van der Waals surface area contributed by atoms with Gasteiger partial charge in [0.15, 0.2) is 5.78 Å². The van der Waals surface area contributed by atoms with Crippen molar-refractivity contribution in [3.05, 3.63) is 17.0 Å². The van der Waals surface area contributed by atoms with Crippen molar-refractivity contribution in [3.8, 4) is 0 Å². The number of nitrogens with one attached hydrogen (secondary N) is 1. The number of rotatable bonds is 1. The molecule has 14 heavy (non-hydrogen) atoms. The minimum atomic E-state index is -1.40. The van der Waals surface area contributed by atoms with Crippen molar-refractivity contribution in [1.82, 2.24) is 10.2 Å². The Kier molecular flexibility index (Phi) is 1.94. The fourth-order valence-electron chi connectivity index (χ4n) is 2.10. The second-order valence-electron chi connectivity index (χ2n) is 4.03. The number of nitrogens with zero attached hydrogens (tertiary/aromatic N) is 1. The van der Waals surface area contributed by atoms with E-state index in [1.54, 1.807) is 0 Å². The average molecular weight is 196 g/mol. The Balaban J connectivity index is 2.58. The molecule has 1 aliphatic carbocycles. The van der Waals surface area contributed by atoms with Gasteiger partial charge in [0.1, 0.15) is 11.4 Å². The molecular weight excluding hydrogens is 183 g/mol. The van der Waals surface area contributed by atoms with Crippen LogP contribution < -0.4 is 0 Å². The van der Waals surface area contributed by atoms with Crippen molar-refractivity contribution in [2.24, 2.45) is 0 Å². The van der Waals surface area contributed by atoms with Gasteiger partial charge in [-0.3, -0.25) is 9.89 Å². The predicted molar refractivity (Wildman–Crippen MR) is 50.0 cm³/mol. The fourth-order valence-corrected chi connectivity index (χ4v) is 2.10. The van der Waals surface area contributed by atoms with Gasteiger partial charge in [-0.25, -0.2) is 4.39 Å². The maximum Gasteiger partial charge on any atom is 0.180 e. The molecule has 3 nitrogen and oxygen atoms in total. The van der Waals surface area contributed by atoms with Crippen molar-refractivity contribution in [1.29, 1.82) is 0 Å². The van der Waals surface area contributed by atoms with E-state index in [1.807, 2.05) is 0 Å². The van der Waals surface area contributed by atoms with Gasteiger partial charge in [-0.05, 0) is 26.2 Å². The topological polar surface area (TPSA) is 45.8 Å². The number of aromatic nitrogens is 2. The third kappa shape index (κ3) is 1.25. The summed E-state index contributed by atoms with van der Waals surface area (Å²) >= 11 is 0. The van der Waals surface area contributed by atoms with E-state index in [0.717, 1.165) is 18.5 Å². The maximum absolute atomic E-state index is 14.1. The third-order valence-corrected chi connectivity index (χ3v) is 2.77. The molecule has 4 heteroatoms. The molecule has 1 atom stereocenters. The van der Waals surface area contributed by atoms with Gasteiger partial charge in [-0.2, -0.15) is 5.10 Å². The number of aryl methyl sites for hydroxylation is 1. The van der Waals surface area contributed by atoms with E-state index in [4.69, 9.17) is 0 Å². The molecular formula is C10H13FN2O. The molecule has 1 aromatic rings. The molecule has 76 valence electrons. The molecule has 1 N–H and O–H groups in total. The van der Waals surface area contributed by atoms with Gasteiger partial charge >= 0.3 is 0 Å². The van der Waals surface area contributed by atoms with Gasteiger partial charge in [-0.1, -0.05) is 0 Å². The van der Waals surface area contributed by atoms with Gasteiger partial charge in [0.25, 0.3) is 0 Å². The first-order valence-corrected chi connectivity index (χ1v) is 4.80. The number of ketones is 1. The van der Waals surface area contributed by atoms with Crippen LogP contribution in [0.15, 0.2) is 0 Å². The van der Waals surface area contributed by atoms with E-state index in [1.165, 1.54) is 13.8 Å². The maximum atomic E-state index is 14.1. The lowest BCUT2D eigenvalue weighted by Gasteiger charge is -2.25. The lowest BCUT2D eigenvalue weighted by atomic mass is 9.83. The molecule has 0 aliphatic heterocycles. The first-order valence-electron chi connectivity index (χ1n) is 4.80. The highest BCUT2D eigenvalue weighted by molar-refractivity contribution is 5.94. The fraction of sp³-hybridized carbons (Fsp3) is 0.600. The number of fused-ring (bicyclic) bond motifs is 1. The molecule has 0 fully saturated rings. The highest BCUT2D eigenvalue weighted by atomic mass is 19.1. The lowest BCUT2D eigenvalue weighted by Crippen LogP contribution is -2.23. The van der Waals surface area contributed by atoms with Crippen LogP contribution in [0.3, 0.4) is 0 Å². The standard InChI is InChI=1S/C10H13FN2O/c1-6(14)9-8-7(12-13-9)4-3-5-10(8,2)11/h3-5H2,1-2H3,(H,12,13). The Labute approximate surface area is 81.7 Å². The summed E-state index contributed by atoms with van der Waals surface area (Å²) < 4.78 is 14.1. The number of halogens is 1. The molecule has 0 radical (unpaired) electrons. The smallest absolute Gasteiger partial charge is 0.180 e. The Hall–Kier alpha value is -1.19. The van der Waals surface area contributed by atoms with Crippen molar-refractivity contribution < 1.29 is 9.18 Å². The summed E-state index contributed by atoms with van der Waals surface area (Å²) in [5, 5.41) is 6.63. The average Bonchev–Trinajstić information content (AvgIpc) is 2.48. The third-order valence-electron chi connectivity index (χ3n) is 2.77. The van der Waals surface area contributed by atoms with Gasteiger partial charge in [0.2, 0.25) is 0 Å². The van der Waals surface area contributed by atoms with E-state index < -0.39 is 5.67 Å². The number of carbonyl (C=O) groups excluding carboxylic acids is 1. The number of Topliss-reactive ketones (excluding diaryl/α,β-unsaturated/α-hetero) is 1. The zero-order valence-corrected chi connectivity index (χ0v) is 8.35. The van der Waals surface area contributed by atoms with Crippen LogP contribution in [0.5, 0.6) is 0 Å². The highest BCUT2D eigenvalue weighted by Crippen LogP contribution is 2.39. The Morgan fingerprint density at radius 3 is 3.00 bits per heavy atom. The summed E-state index contributed by atoms with van der Waals surface area (Å²) in [6, 6.07) is 0. The SMILES string of the molecule is CC(=O)c1n[nH]c2c1C(C)(F)CCC2. The number of hydrogen-bond donors (Lipinski definition) is 1. The van der Waals surface area contributed by atoms with Crippen molar-refractivity contribution in [3.63, 3.8) is 0 Å². The van der Waals surface area contributed by atoms with E-state index in [2.05, 4.69) is 10.2 Å². The van der Waals surface area contributed by atoms with E-state index in [9.17, 15) is 9.18 Å². The summed E-state index contributed by atoms with van der Waals surface area (Å²) in [5.41, 5.74) is 0.133. The molecule has 0 saturated carbocycles. The van der Waals surface area contributed by atoms with Crippen molar-refractivity contribution in [2.45, 2.75) is 38.8 Å². The molecule has 1 aromatic heterocycles. The van der Waals surface area contributed by atoms with Gasteiger partial charge in [0.05, 0.1) is 0 Å². The number of aromatic amines is 1. The van der Waals surface area contributed by atoms with Crippen LogP contribution in [0.2, 0.25) is 0 Å². The molecule has 0 aromatic carbocycles. The summed E-state index contributed by atoms with van der Waals surface area (Å²) in [6.07, 6.45) is 2.06. The van der Waals surface area contributed by atoms with Crippen LogP contribution in [0.25, 0.3) is 0 Å². The minimum absolute atomic E-state index is 0.173. The molecule has 0 amide bonds. The van der Waals surface area contributed by atoms with Crippen LogP contribution in [-0.4, -0.2) is 16.0 Å². The summed E-state index contributed by atoms with van der Waals surface area (Å²) in [6.45, 7) is 2.94. The lowest BCUT2D eigenvalue weighted by molar-refractivity contribution is 0.0995. The van der Waals surface area contributed by atoms with E-state index in [0.29, 0.717) is 12.0 Å². The molecule has 1 aliphatic rings. The monoisotopic (exact) mass is 196 g/mol. The first kappa shape index (κ1) is 9.37. The number of hydrogen-bond acceptors (Lipinski definition) is 2. The summed E-state index contributed by atoms with van der Waals surface area (Å²) in [5.74, 6) is -0.173. The zero-order chi connectivity index (χ0) is 10.3. The van der Waals surface area contributed by atoms with E-state index in [-0.39, 0.29) is 11.5 Å². The van der Waals surface area contributed by atoms with Crippen LogP contribution in [0.4, 0.5) is 4.39 Å². The number of carbonyl (C=O) groups is 1. The summed E-state index contributed by atoms with van der Waals surface area (Å²) in [7, 11) is 0. The Morgan fingerprint density at radius 2 is 2.36 bits per heavy atom. The minimum Gasteiger partial charge on any atom is -0.293 e. The zero-order valence-electron chi connectivity index (χ0n) is 8.35. The second-order valence-corrected chi connectivity index (χ2v) is 4.03. The predicted octanol–water partition coefficient (Wildman–Crippen LogP) is 2.13. The highest BCUT2D eigenvalue weighted by Gasteiger charge is 2.37. The quantitative estimate of drug-likeness (QED) is 0.699. The molecule has 1 heterocycles. The normalized spacial score (nSPS) is 25.9. The Bertz CT molecular complexity index is 381. The van der Waals surface area contributed by atoms with E-state index >= 15 is 0 Å². The molecule has 0 spiro atoms. The van der Waals surface area contributed by atoms with Crippen LogP contribution >= 0.6 is 0 Å². The molecule has 0 saturated heterocycles. The van der Waals surface area contributed by atoms with Crippen LogP contribution in [-0.2, 0) is 12.1 Å². The molecule has 0 bridgehead atoms. The van der Waals surface area contributed by atoms with Crippen LogP contribution in [0, 0.1) is 0 Å². The number of alkyl halides is 1. The summed E-state index contributed by atoms with van der Waals surface area (Å²) in [4.78, 5) is 11.2. The van der Waals surface area contributed by atoms with Gasteiger partial charge in [0, 0.05) is 18.2 Å². The largest absolute Gasteiger partial charge is 0.293 e. The van der Waals surface area contributed by atoms with Crippen molar-refractivity contribution >= 4 is 5.78 Å². The first-order chi connectivity index (χ1) is 6.52.